The molecule has 0 radical (unpaired) electrons. The summed E-state index contributed by atoms with van der Waals surface area (Å²) in [5.74, 6) is 6.05. The predicted octanol–water partition coefficient (Wildman–Crippen LogP) is 1.66. The van der Waals surface area contributed by atoms with Crippen molar-refractivity contribution in [1.29, 1.82) is 5.26 Å². The quantitative estimate of drug-likeness (QED) is 0.567. The molecule has 0 atom stereocenters. The molecule has 7 nitrogen and oxygen atoms in total. The zero-order chi connectivity index (χ0) is 15.2. The number of halogens is 1. The second-order valence-corrected chi connectivity index (χ2v) is 4.06. The summed E-state index contributed by atoms with van der Waals surface area (Å²) < 4.78 is 18.2. The third-order valence-electron chi connectivity index (χ3n) is 2.55. The lowest BCUT2D eigenvalue weighted by Crippen LogP contribution is -2.11. The summed E-state index contributed by atoms with van der Waals surface area (Å²) >= 11 is 0. The Morgan fingerprint density at radius 3 is 2.76 bits per heavy atom. The van der Waals surface area contributed by atoms with Crippen LogP contribution in [0, 0.1) is 17.1 Å². The normalized spacial score (nSPS) is 10.0. The highest BCUT2D eigenvalue weighted by molar-refractivity contribution is 5.61. The lowest BCUT2D eigenvalue weighted by Gasteiger charge is -2.10. The Balaban J connectivity index is 2.30. The van der Waals surface area contributed by atoms with Crippen molar-refractivity contribution >= 4 is 17.3 Å². The van der Waals surface area contributed by atoms with Gasteiger partial charge in [0.05, 0.1) is 5.56 Å². The van der Waals surface area contributed by atoms with Crippen LogP contribution in [-0.2, 0) is 11.3 Å². The number of aromatic nitrogens is 2. The van der Waals surface area contributed by atoms with Gasteiger partial charge in [-0.15, -0.1) is 0 Å². The molecule has 1 aromatic carbocycles. The molecule has 0 bridgehead atoms. The van der Waals surface area contributed by atoms with Gasteiger partial charge in [-0.25, -0.2) is 20.2 Å². The Morgan fingerprint density at radius 2 is 2.10 bits per heavy atom. The van der Waals surface area contributed by atoms with Gasteiger partial charge in [0.2, 0.25) is 0 Å². The fourth-order valence-corrected chi connectivity index (χ4v) is 1.67. The number of hydrazine groups is 1. The van der Waals surface area contributed by atoms with E-state index in [-0.39, 0.29) is 12.2 Å². The van der Waals surface area contributed by atoms with Crippen molar-refractivity contribution in [2.45, 2.75) is 6.61 Å². The summed E-state index contributed by atoms with van der Waals surface area (Å²) in [5.41, 5.74) is 2.90. The highest BCUT2D eigenvalue weighted by atomic mass is 19.1. The number of nitriles is 1. The number of methoxy groups -OCH3 is 1. The van der Waals surface area contributed by atoms with E-state index in [0.717, 1.165) is 0 Å². The fraction of sp³-hybridized carbons (Fsp3) is 0.154. The van der Waals surface area contributed by atoms with E-state index < -0.39 is 5.82 Å². The number of nitrogens with zero attached hydrogens (tertiary/aromatic N) is 3. The zero-order valence-corrected chi connectivity index (χ0v) is 11.2. The van der Waals surface area contributed by atoms with Crippen LogP contribution in [0.1, 0.15) is 11.4 Å². The van der Waals surface area contributed by atoms with E-state index >= 15 is 0 Å². The van der Waals surface area contributed by atoms with Crippen LogP contribution in [0.15, 0.2) is 24.3 Å². The van der Waals surface area contributed by atoms with Gasteiger partial charge in [0.1, 0.15) is 30.1 Å². The van der Waals surface area contributed by atoms with Gasteiger partial charge in [-0.2, -0.15) is 5.26 Å². The number of anilines is 3. The van der Waals surface area contributed by atoms with Gasteiger partial charge in [0, 0.05) is 18.9 Å². The third-order valence-corrected chi connectivity index (χ3v) is 2.55. The molecule has 0 unspecified atom stereocenters. The van der Waals surface area contributed by atoms with Gasteiger partial charge >= 0.3 is 0 Å². The van der Waals surface area contributed by atoms with E-state index in [9.17, 15) is 4.39 Å². The van der Waals surface area contributed by atoms with Crippen LogP contribution in [0.3, 0.4) is 0 Å². The van der Waals surface area contributed by atoms with Crippen molar-refractivity contribution in [1.82, 2.24) is 9.97 Å². The monoisotopic (exact) mass is 288 g/mol. The molecule has 1 heterocycles. The molecule has 0 aliphatic rings. The van der Waals surface area contributed by atoms with Gasteiger partial charge in [-0.05, 0) is 18.2 Å². The molecular formula is C13H13FN6O. The van der Waals surface area contributed by atoms with E-state index in [1.165, 1.54) is 25.3 Å². The Morgan fingerprint density at radius 1 is 1.33 bits per heavy atom. The van der Waals surface area contributed by atoms with Gasteiger partial charge < -0.3 is 15.5 Å². The Kier molecular flexibility index (Phi) is 4.61. The Bertz CT molecular complexity index is 685. The number of benzene rings is 1. The van der Waals surface area contributed by atoms with Crippen LogP contribution in [0.2, 0.25) is 0 Å². The summed E-state index contributed by atoms with van der Waals surface area (Å²) in [6, 6.07) is 7.46. The molecule has 0 amide bonds. The minimum Gasteiger partial charge on any atom is -0.377 e. The molecule has 0 fully saturated rings. The molecule has 2 rings (SSSR count). The van der Waals surface area contributed by atoms with Gasteiger partial charge in [-0.3, -0.25) is 0 Å². The average molecular weight is 288 g/mol. The van der Waals surface area contributed by atoms with Crippen molar-refractivity contribution in [2.24, 2.45) is 5.84 Å². The van der Waals surface area contributed by atoms with Crippen LogP contribution in [-0.4, -0.2) is 17.1 Å². The first-order valence-corrected chi connectivity index (χ1v) is 5.96. The second-order valence-electron chi connectivity index (χ2n) is 4.06. The summed E-state index contributed by atoms with van der Waals surface area (Å²) in [7, 11) is 1.53. The van der Waals surface area contributed by atoms with Crippen molar-refractivity contribution in [3.8, 4) is 6.07 Å². The standard InChI is InChI=1S/C13H13FN6O/c1-21-7-13-18-11(5-12(19-13)20-16)17-9-2-3-10(14)8(4-9)6-15/h2-5H,7,16H2,1H3,(H2,17,18,19,20). The fourth-order valence-electron chi connectivity index (χ4n) is 1.67. The average Bonchev–Trinajstić information content (AvgIpc) is 2.49. The first-order valence-electron chi connectivity index (χ1n) is 5.96. The molecule has 108 valence electrons. The van der Waals surface area contributed by atoms with E-state index in [2.05, 4.69) is 20.7 Å². The van der Waals surface area contributed by atoms with Crippen molar-refractivity contribution in [3.63, 3.8) is 0 Å². The Hall–Kier alpha value is -2.76. The van der Waals surface area contributed by atoms with Crippen LogP contribution < -0.4 is 16.6 Å². The molecule has 0 spiro atoms. The molecule has 0 aliphatic heterocycles. The Labute approximate surface area is 120 Å². The molecule has 0 aliphatic carbocycles. The molecule has 1 aromatic heterocycles. The van der Waals surface area contributed by atoms with Crippen molar-refractivity contribution in [3.05, 3.63) is 41.5 Å². The number of nitrogens with two attached hydrogens (primary N) is 1. The largest absolute Gasteiger partial charge is 0.377 e. The third kappa shape index (κ3) is 3.62. The molecule has 4 N–H and O–H groups in total. The van der Waals surface area contributed by atoms with Crippen LogP contribution in [0.5, 0.6) is 0 Å². The van der Waals surface area contributed by atoms with Crippen LogP contribution in [0.4, 0.5) is 21.7 Å². The summed E-state index contributed by atoms with van der Waals surface area (Å²) in [6.07, 6.45) is 0. The molecule has 8 heteroatoms. The summed E-state index contributed by atoms with van der Waals surface area (Å²) in [4.78, 5) is 8.33. The maximum atomic E-state index is 13.3. The predicted molar refractivity (Wildman–Crippen MR) is 75.0 cm³/mol. The maximum absolute atomic E-state index is 13.3. The summed E-state index contributed by atoms with van der Waals surface area (Å²) in [5, 5.41) is 11.8. The van der Waals surface area contributed by atoms with Crippen LogP contribution in [0.25, 0.3) is 0 Å². The van der Waals surface area contributed by atoms with Crippen molar-refractivity contribution in [2.75, 3.05) is 17.9 Å². The lowest BCUT2D eigenvalue weighted by molar-refractivity contribution is 0.178. The number of hydrogen-bond acceptors (Lipinski definition) is 7. The SMILES string of the molecule is COCc1nc(NN)cc(Nc2ccc(F)c(C#N)c2)n1. The molecule has 0 saturated heterocycles. The number of nitrogen functional groups attached to an aromatic ring is 1. The first-order chi connectivity index (χ1) is 10.2. The van der Waals surface area contributed by atoms with E-state index in [4.69, 9.17) is 15.8 Å². The summed E-state index contributed by atoms with van der Waals surface area (Å²) in [6.45, 7) is 0.219. The lowest BCUT2D eigenvalue weighted by atomic mass is 10.2. The highest BCUT2D eigenvalue weighted by Gasteiger charge is 2.07. The topological polar surface area (TPSA) is 109 Å². The number of ether oxygens (including phenoxy) is 1. The molecule has 21 heavy (non-hydrogen) atoms. The van der Waals surface area contributed by atoms with E-state index in [0.29, 0.717) is 23.1 Å². The highest BCUT2D eigenvalue weighted by Crippen LogP contribution is 2.20. The van der Waals surface area contributed by atoms with E-state index in [1.54, 1.807) is 12.1 Å². The number of rotatable bonds is 5. The van der Waals surface area contributed by atoms with Gasteiger partial charge in [0.15, 0.2) is 5.82 Å². The van der Waals surface area contributed by atoms with Gasteiger partial charge in [-0.1, -0.05) is 0 Å². The number of hydrogen-bond donors (Lipinski definition) is 3. The van der Waals surface area contributed by atoms with Crippen molar-refractivity contribution < 1.29 is 9.13 Å². The second kappa shape index (κ2) is 6.60. The van der Waals surface area contributed by atoms with E-state index in [1.807, 2.05) is 0 Å². The molecule has 0 saturated carbocycles. The maximum Gasteiger partial charge on any atom is 0.158 e. The minimum atomic E-state index is -0.574. The van der Waals surface area contributed by atoms with Gasteiger partial charge in [0.25, 0.3) is 0 Å². The smallest absolute Gasteiger partial charge is 0.158 e. The zero-order valence-electron chi connectivity index (χ0n) is 11.2. The minimum absolute atomic E-state index is 0.0525. The first kappa shape index (κ1) is 14.6. The van der Waals surface area contributed by atoms with Crippen LogP contribution >= 0.6 is 0 Å². The number of nitrogens with one attached hydrogen (secondary N) is 2. The molecular weight excluding hydrogens is 275 g/mol. The molecule has 2 aromatic rings.